The third kappa shape index (κ3) is 2.83. The van der Waals surface area contributed by atoms with Crippen LogP contribution in [-0.4, -0.2) is 19.7 Å². The van der Waals surface area contributed by atoms with E-state index in [0.717, 1.165) is 29.2 Å². The summed E-state index contributed by atoms with van der Waals surface area (Å²) in [4.78, 5) is 8.88. The lowest BCUT2D eigenvalue weighted by atomic mass is 10.2. The molecule has 4 heteroatoms. The second-order valence-corrected chi connectivity index (χ2v) is 5.41. The molecule has 4 nitrogen and oxygen atoms in total. The van der Waals surface area contributed by atoms with Gasteiger partial charge in [-0.1, -0.05) is 30.4 Å². The highest BCUT2D eigenvalue weighted by Gasteiger charge is 2.14. The van der Waals surface area contributed by atoms with Crippen LogP contribution in [0.5, 0.6) is 0 Å². The minimum absolute atomic E-state index is 0.629. The summed E-state index contributed by atoms with van der Waals surface area (Å²) < 4.78 is 1.98. The summed E-state index contributed by atoms with van der Waals surface area (Å²) in [7, 11) is 0. The van der Waals surface area contributed by atoms with Crippen LogP contribution in [0.2, 0.25) is 0 Å². The molecule has 0 radical (unpaired) electrons. The molecule has 3 heterocycles. The zero-order valence-electron chi connectivity index (χ0n) is 12.6. The van der Waals surface area contributed by atoms with Crippen molar-refractivity contribution in [1.29, 1.82) is 0 Å². The largest absolute Gasteiger partial charge is 0.259 e. The molecule has 3 aromatic heterocycles. The third-order valence-electron chi connectivity index (χ3n) is 3.81. The fourth-order valence-electron chi connectivity index (χ4n) is 2.69. The first kappa shape index (κ1) is 13.6. The molecular weight excluding hydrogens is 284 g/mol. The fraction of sp³-hybridized carbons (Fsp3) is 0.105. The molecule has 0 N–H and O–H groups in total. The Hall–Kier alpha value is -3.01. The number of allylic oxidation sites excluding steroid dienone is 4. The van der Waals surface area contributed by atoms with Crippen LogP contribution in [0, 0.1) is 0 Å². The number of hydrogen-bond acceptors (Lipinski definition) is 3. The molecule has 23 heavy (non-hydrogen) atoms. The Morgan fingerprint density at radius 3 is 2.52 bits per heavy atom. The van der Waals surface area contributed by atoms with E-state index in [4.69, 9.17) is 5.10 Å². The van der Waals surface area contributed by atoms with Gasteiger partial charge in [0, 0.05) is 12.4 Å². The Bertz CT molecular complexity index is 861. The van der Waals surface area contributed by atoms with Gasteiger partial charge in [0.1, 0.15) is 0 Å². The maximum atomic E-state index is 4.78. The van der Waals surface area contributed by atoms with Gasteiger partial charge < -0.3 is 0 Å². The average molecular weight is 300 g/mol. The molecule has 0 bridgehead atoms. The van der Waals surface area contributed by atoms with E-state index in [1.165, 1.54) is 5.57 Å². The maximum Gasteiger partial charge on any atom is 0.0927 e. The van der Waals surface area contributed by atoms with Crippen LogP contribution < -0.4 is 0 Å². The van der Waals surface area contributed by atoms with Gasteiger partial charge in [0.05, 0.1) is 29.3 Å². The van der Waals surface area contributed by atoms with Gasteiger partial charge in [-0.15, -0.1) is 0 Å². The molecule has 0 aromatic carbocycles. The van der Waals surface area contributed by atoms with Crippen LogP contribution in [-0.2, 0) is 6.54 Å². The highest BCUT2D eigenvalue weighted by atomic mass is 15.3. The predicted molar refractivity (Wildman–Crippen MR) is 90.5 cm³/mol. The van der Waals surface area contributed by atoms with Crippen molar-refractivity contribution in [2.24, 2.45) is 0 Å². The summed E-state index contributed by atoms with van der Waals surface area (Å²) in [6.45, 7) is 0.629. The lowest BCUT2D eigenvalue weighted by Gasteiger charge is -2.06. The molecule has 0 aliphatic heterocycles. The van der Waals surface area contributed by atoms with Gasteiger partial charge in [-0.2, -0.15) is 5.10 Å². The van der Waals surface area contributed by atoms with Crippen molar-refractivity contribution >= 4 is 5.57 Å². The second-order valence-electron chi connectivity index (χ2n) is 5.41. The van der Waals surface area contributed by atoms with Crippen LogP contribution in [0.4, 0.5) is 0 Å². The molecule has 4 rings (SSSR count). The van der Waals surface area contributed by atoms with Crippen LogP contribution in [0.3, 0.4) is 0 Å². The molecular formula is C19H16N4. The minimum Gasteiger partial charge on any atom is -0.259 e. The molecule has 0 fully saturated rings. The Balaban J connectivity index is 1.77. The molecule has 0 saturated carbocycles. The number of pyridine rings is 2. The monoisotopic (exact) mass is 300 g/mol. The van der Waals surface area contributed by atoms with Crippen molar-refractivity contribution in [3.8, 4) is 11.4 Å². The standard InChI is InChI=1S/C19H16N4/c1-2-8-15(7-1)18-13-19(17-10-4-6-12-21-17)23(22-18)14-16-9-3-5-11-20-16/h1,3-13H,2,14H2. The SMILES string of the molecule is C1=CC(c2cc(-c3ccccn3)n(Cc3ccccn3)n2)=CC1. The zero-order valence-corrected chi connectivity index (χ0v) is 12.6. The van der Waals surface area contributed by atoms with Gasteiger partial charge in [-0.05, 0) is 42.3 Å². The van der Waals surface area contributed by atoms with Gasteiger partial charge in [0.2, 0.25) is 0 Å². The first-order valence-corrected chi connectivity index (χ1v) is 7.66. The van der Waals surface area contributed by atoms with Gasteiger partial charge in [-0.3, -0.25) is 14.6 Å². The van der Waals surface area contributed by atoms with Gasteiger partial charge in [0.25, 0.3) is 0 Å². The molecule has 1 aliphatic rings. The van der Waals surface area contributed by atoms with Crippen molar-refractivity contribution in [2.75, 3.05) is 0 Å². The summed E-state index contributed by atoms with van der Waals surface area (Å²) in [6, 6.07) is 14.0. The number of nitrogens with zero attached hydrogens (tertiary/aromatic N) is 4. The topological polar surface area (TPSA) is 43.6 Å². The Labute approximate surface area is 134 Å². The summed E-state index contributed by atoms with van der Waals surface area (Å²) in [5.41, 5.74) is 5.06. The van der Waals surface area contributed by atoms with E-state index in [2.05, 4.69) is 34.3 Å². The number of aromatic nitrogens is 4. The number of hydrogen-bond donors (Lipinski definition) is 0. The highest BCUT2D eigenvalue weighted by molar-refractivity contribution is 5.76. The Morgan fingerprint density at radius 1 is 0.957 bits per heavy atom. The van der Waals surface area contributed by atoms with Gasteiger partial charge in [-0.25, -0.2) is 0 Å². The summed E-state index contributed by atoms with van der Waals surface area (Å²) in [5.74, 6) is 0. The highest BCUT2D eigenvalue weighted by Crippen LogP contribution is 2.26. The van der Waals surface area contributed by atoms with Crippen molar-refractivity contribution in [1.82, 2.24) is 19.7 Å². The molecule has 0 spiro atoms. The summed E-state index contributed by atoms with van der Waals surface area (Å²) in [6.07, 6.45) is 11.0. The smallest absolute Gasteiger partial charge is 0.0927 e. The lowest BCUT2D eigenvalue weighted by molar-refractivity contribution is 0.676. The van der Waals surface area contributed by atoms with Crippen LogP contribution in [0.25, 0.3) is 17.0 Å². The van der Waals surface area contributed by atoms with E-state index in [1.54, 1.807) is 0 Å². The summed E-state index contributed by atoms with van der Waals surface area (Å²) in [5, 5.41) is 4.78. The van der Waals surface area contributed by atoms with E-state index < -0.39 is 0 Å². The molecule has 0 amide bonds. The Morgan fingerprint density at radius 2 is 1.83 bits per heavy atom. The van der Waals surface area contributed by atoms with Crippen molar-refractivity contribution < 1.29 is 0 Å². The van der Waals surface area contributed by atoms with Gasteiger partial charge >= 0.3 is 0 Å². The number of rotatable bonds is 4. The molecule has 0 saturated heterocycles. The molecule has 112 valence electrons. The molecule has 3 aromatic rings. The Kier molecular flexibility index (Phi) is 3.56. The van der Waals surface area contributed by atoms with Crippen LogP contribution >= 0.6 is 0 Å². The quantitative estimate of drug-likeness (QED) is 0.737. The van der Waals surface area contributed by atoms with Crippen molar-refractivity contribution in [3.63, 3.8) is 0 Å². The van der Waals surface area contributed by atoms with Crippen LogP contribution in [0.1, 0.15) is 17.8 Å². The second kappa shape index (κ2) is 6.01. The fourth-order valence-corrected chi connectivity index (χ4v) is 2.69. The first-order chi connectivity index (χ1) is 11.4. The van der Waals surface area contributed by atoms with E-state index >= 15 is 0 Å². The van der Waals surface area contributed by atoms with Crippen molar-refractivity contribution in [3.05, 3.63) is 84.5 Å². The minimum atomic E-state index is 0.629. The first-order valence-electron chi connectivity index (χ1n) is 7.66. The average Bonchev–Trinajstić information content (AvgIpc) is 3.26. The predicted octanol–water partition coefficient (Wildman–Crippen LogP) is 3.73. The molecule has 0 unspecified atom stereocenters. The summed E-state index contributed by atoms with van der Waals surface area (Å²) >= 11 is 0. The van der Waals surface area contributed by atoms with E-state index in [-0.39, 0.29) is 0 Å². The molecule has 1 aliphatic carbocycles. The van der Waals surface area contributed by atoms with E-state index in [0.29, 0.717) is 6.54 Å². The maximum absolute atomic E-state index is 4.78. The molecule has 0 atom stereocenters. The zero-order chi connectivity index (χ0) is 15.5. The normalized spacial score (nSPS) is 13.3. The van der Waals surface area contributed by atoms with Gasteiger partial charge in [0.15, 0.2) is 0 Å². The van der Waals surface area contributed by atoms with E-state index in [1.807, 2.05) is 53.5 Å². The van der Waals surface area contributed by atoms with Crippen LogP contribution in [0.15, 0.2) is 73.1 Å². The lowest BCUT2D eigenvalue weighted by Crippen LogP contribution is -2.06. The third-order valence-corrected chi connectivity index (χ3v) is 3.81. The van der Waals surface area contributed by atoms with Crippen molar-refractivity contribution in [2.45, 2.75) is 13.0 Å². The van der Waals surface area contributed by atoms with E-state index in [9.17, 15) is 0 Å².